The SMILES string of the molecule is C[C@@H]1C=NC(N2CCN(C)CC2)=NC1. The van der Waals surface area contributed by atoms with E-state index in [0.717, 1.165) is 38.7 Å². The van der Waals surface area contributed by atoms with Gasteiger partial charge in [-0.3, -0.25) is 4.99 Å². The van der Waals surface area contributed by atoms with E-state index in [0.29, 0.717) is 5.92 Å². The number of aliphatic imine (C=N–C) groups is 2. The lowest BCUT2D eigenvalue weighted by atomic mass is 10.2. The van der Waals surface area contributed by atoms with Crippen LogP contribution in [0.4, 0.5) is 0 Å². The Hall–Kier alpha value is -0.900. The fourth-order valence-corrected chi connectivity index (χ4v) is 1.70. The third kappa shape index (κ3) is 2.12. The van der Waals surface area contributed by atoms with Crippen molar-refractivity contribution in [1.29, 1.82) is 0 Å². The fraction of sp³-hybridized carbons (Fsp3) is 0.800. The van der Waals surface area contributed by atoms with E-state index in [1.54, 1.807) is 0 Å². The van der Waals surface area contributed by atoms with Gasteiger partial charge in [-0.25, -0.2) is 4.99 Å². The highest BCUT2D eigenvalue weighted by Gasteiger charge is 2.18. The van der Waals surface area contributed by atoms with Crippen molar-refractivity contribution in [1.82, 2.24) is 9.80 Å². The predicted octanol–water partition coefficient (Wildman–Crippen LogP) is 0.310. The Bertz CT molecular complexity index is 251. The molecule has 0 saturated carbocycles. The van der Waals surface area contributed by atoms with Crippen LogP contribution < -0.4 is 0 Å². The van der Waals surface area contributed by atoms with Crippen LogP contribution in [0, 0.1) is 5.92 Å². The van der Waals surface area contributed by atoms with Gasteiger partial charge in [-0.05, 0) is 7.05 Å². The van der Waals surface area contributed by atoms with Gasteiger partial charge in [0.2, 0.25) is 5.96 Å². The summed E-state index contributed by atoms with van der Waals surface area (Å²) in [6.07, 6.45) is 2.01. The molecule has 0 amide bonds. The van der Waals surface area contributed by atoms with Crippen LogP contribution >= 0.6 is 0 Å². The Morgan fingerprint density at radius 3 is 2.57 bits per heavy atom. The van der Waals surface area contributed by atoms with Crippen molar-refractivity contribution < 1.29 is 0 Å². The number of nitrogens with zero attached hydrogens (tertiary/aromatic N) is 4. The molecule has 0 N–H and O–H groups in total. The highest BCUT2D eigenvalue weighted by molar-refractivity contribution is 5.90. The van der Waals surface area contributed by atoms with Crippen molar-refractivity contribution in [3.05, 3.63) is 0 Å². The van der Waals surface area contributed by atoms with E-state index < -0.39 is 0 Å². The van der Waals surface area contributed by atoms with Gasteiger partial charge in [0.05, 0.1) is 6.54 Å². The molecule has 4 nitrogen and oxygen atoms in total. The first-order chi connectivity index (χ1) is 6.75. The molecule has 1 fully saturated rings. The minimum atomic E-state index is 0.506. The number of piperazine rings is 1. The van der Waals surface area contributed by atoms with E-state index in [9.17, 15) is 0 Å². The quantitative estimate of drug-likeness (QED) is 0.556. The number of hydrogen-bond donors (Lipinski definition) is 0. The van der Waals surface area contributed by atoms with Gasteiger partial charge in [-0.2, -0.15) is 0 Å². The molecule has 0 aliphatic carbocycles. The van der Waals surface area contributed by atoms with Crippen molar-refractivity contribution >= 4 is 12.2 Å². The predicted molar refractivity (Wildman–Crippen MR) is 59.0 cm³/mol. The number of guanidine groups is 1. The summed E-state index contributed by atoms with van der Waals surface area (Å²) in [7, 11) is 2.16. The van der Waals surface area contributed by atoms with Crippen LogP contribution in [0.2, 0.25) is 0 Å². The third-order valence-corrected chi connectivity index (χ3v) is 2.75. The largest absolute Gasteiger partial charge is 0.339 e. The molecule has 2 aliphatic rings. The van der Waals surface area contributed by atoms with Crippen LogP contribution in [0.1, 0.15) is 6.92 Å². The molecule has 0 aromatic carbocycles. The number of rotatable bonds is 0. The number of hydrogen-bond acceptors (Lipinski definition) is 4. The summed E-state index contributed by atoms with van der Waals surface area (Å²) >= 11 is 0. The minimum Gasteiger partial charge on any atom is -0.339 e. The van der Waals surface area contributed by atoms with Gasteiger partial charge in [0.1, 0.15) is 0 Å². The van der Waals surface area contributed by atoms with E-state index in [1.165, 1.54) is 0 Å². The average molecular weight is 194 g/mol. The Morgan fingerprint density at radius 1 is 1.29 bits per heavy atom. The van der Waals surface area contributed by atoms with Gasteiger partial charge < -0.3 is 9.80 Å². The molecule has 2 aliphatic heterocycles. The van der Waals surface area contributed by atoms with Gasteiger partial charge in [-0.15, -0.1) is 0 Å². The highest BCUT2D eigenvalue weighted by Crippen LogP contribution is 2.06. The summed E-state index contributed by atoms with van der Waals surface area (Å²) in [6, 6.07) is 0. The van der Waals surface area contributed by atoms with E-state index >= 15 is 0 Å². The molecule has 2 heterocycles. The maximum Gasteiger partial charge on any atom is 0.220 e. The van der Waals surface area contributed by atoms with Crippen LogP contribution in [0.3, 0.4) is 0 Å². The lowest BCUT2D eigenvalue weighted by molar-refractivity contribution is 0.213. The maximum absolute atomic E-state index is 4.49. The maximum atomic E-state index is 4.49. The zero-order chi connectivity index (χ0) is 9.97. The molecule has 0 unspecified atom stereocenters. The van der Waals surface area contributed by atoms with Gasteiger partial charge in [-0.1, -0.05) is 6.92 Å². The summed E-state index contributed by atoms with van der Waals surface area (Å²) in [6.45, 7) is 7.38. The molecule has 0 aromatic heterocycles. The first kappa shape index (κ1) is 9.65. The molecule has 14 heavy (non-hydrogen) atoms. The Morgan fingerprint density at radius 2 is 2.00 bits per heavy atom. The number of likely N-dealkylation sites (N-methyl/N-ethyl adjacent to an activating group) is 1. The average Bonchev–Trinajstić information content (AvgIpc) is 2.21. The van der Waals surface area contributed by atoms with E-state index in [4.69, 9.17) is 0 Å². The van der Waals surface area contributed by atoms with E-state index in [2.05, 4.69) is 33.8 Å². The second-order valence-corrected chi connectivity index (χ2v) is 4.19. The summed E-state index contributed by atoms with van der Waals surface area (Å²) in [5.74, 6) is 1.45. The molecule has 1 saturated heterocycles. The summed E-state index contributed by atoms with van der Waals surface area (Å²) < 4.78 is 0. The van der Waals surface area contributed by atoms with Gasteiger partial charge in [0.25, 0.3) is 0 Å². The summed E-state index contributed by atoms with van der Waals surface area (Å²) in [4.78, 5) is 13.5. The Kier molecular flexibility index (Phi) is 2.82. The second-order valence-electron chi connectivity index (χ2n) is 4.19. The van der Waals surface area contributed by atoms with Crippen LogP contribution in [0.15, 0.2) is 9.98 Å². The van der Waals surface area contributed by atoms with E-state index in [-0.39, 0.29) is 0 Å². The van der Waals surface area contributed by atoms with E-state index in [1.807, 2.05) is 6.21 Å². The minimum absolute atomic E-state index is 0.506. The van der Waals surface area contributed by atoms with Crippen molar-refractivity contribution in [3.8, 4) is 0 Å². The zero-order valence-corrected chi connectivity index (χ0v) is 8.98. The molecule has 0 radical (unpaired) electrons. The van der Waals surface area contributed by atoms with Crippen molar-refractivity contribution in [3.63, 3.8) is 0 Å². The normalized spacial score (nSPS) is 29.1. The topological polar surface area (TPSA) is 31.2 Å². The summed E-state index contributed by atoms with van der Waals surface area (Å²) in [5, 5.41) is 0. The summed E-state index contributed by atoms with van der Waals surface area (Å²) in [5.41, 5.74) is 0. The van der Waals surface area contributed by atoms with Crippen molar-refractivity contribution in [2.75, 3.05) is 39.8 Å². The first-order valence-corrected chi connectivity index (χ1v) is 5.28. The van der Waals surface area contributed by atoms with Gasteiger partial charge in [0, 0.05) is 38.3 Å². The molecule has 0 aromatic rings. The van der Waals surface area contributed by atoms with Crippen molar-refractivity contribution in [2.45, 2.75) is 6.92 Å². The lowest BCUT2D eigenvalue weighted by Gasteiger charge is -2.33. The van der Waals surface area contributed by atoms with Crippen molar-refractivity contribution in [2.24, 2.45) is 15.9 Å². The molecule has 78 valence electrons. The molecule has 0 spiro atoms. The fourth-order valence-electron chi connectivity index (χ4n) is 1.70. The zero-order valence-electron chi connectivity index (χ0n) is 8.98. The van der Waals surface area contributed by atoms with Gasteiger partial charge in [0.15, 0.2) is 0 Å². The lowest BCUT2D eigenvalue weighted by Crippen LogP contribution is -2.47. The van der Waals surface area contributed by atoms with Crippen LogP contribution in [0.25, 0.3) is 0 Å². The monoisotopic (exact) mass is 194 g/mol. The second kappa shape index (κ2) is 4.09. The molecule has 1 atom stereocenters. The third-order valence-electron chi connectivity index (χ3n) is 2.75. The Balaban J connectivity index is 1.93. The van der Waals surface area contributed by atoms with Gasteiger partial charge >= 0.3 is 0 Å². The molecule has 0 bridgehead atoms. The van der Waals surface area contributed by atoms with Crippen LogP contribution in [-0.4, -0.2) is 61.7 Å². The molecule has 4 heteroatoms. The Labute approximate surface area is 85.3 Å². The highest BCUT2D eigenvalue weighted by atomic mass is 15.3. The standard InChI is InChI=1S/C10H18N4/c1-9-7-11-10(12-8-9)14-5-3-13(2)4-6-14/h7,9H,3-6,8H2,1-2H3/t9-/m1/s1. The van der Waals surface area contributed by atoms with Crippen LogP contribution in [0.5, 0.6) is 0 Å². The molecular weight excluding hydrogens is 176 g/mol. The molecule has 2 rings (SSSR count). The van der Waals surface area contributed by atoms with Crippen LogP contribution in [-0.2, 0) is 0 Å². The molecular formula is C10H18N4. The smallest absolute Gasteiger partial charge is 0.220 e. The first-order valence-electron chi connectivity index (χ1n) is 5.28.